The van der Waals surface area contributed by atoms with Gasteiger partial charge in [-0.15, -0.1) is 18.9 Å². The number of fused-ring (bicyclic) bond motifs is 1. The molecule has 4 rings (SSSR count). The molecular formula is C22H18Cl2N6O11S3. The molecule has 0 amide bonds. The second-order valence-corrected chi connectivity index (χ2v) is 12.7. The molecule has 1 heterocycles. The first-order valence-corrected chi connectivity index (χ1v) is 15.9. The van der Waals surface area contributed by atoms with Crippen LogP contribution in [0.5, 0.6) is 11.5 Å². The van der Waals surface area contributed by atoms with Gasteiger partial charge >= 0.3 is 0 Å². The summed E-state index contributed by atoms with van der Waals surface area (Å²) in [5.74, 6) is -1.29. The van der Waals surface area contributed by atoms with Gasteiger partial charge in [0, 0.05) is 11.1 Å². The number of ether oxygens (including phenoxy) is 1. The molecule has 44 heavy (non-hydrogen) atoms. The highest BCUT2D eigenvalue weighted by Crippen LogP contribution is 2.45. The van der Waals surface area contributed by atoms with Crippen molar-refractivity contribution in [3.63, 3.8) is 0 Å². The molecule has 0 fully saturated rings. The predicted molar refractivity (Wildman–Crippen MR) is 156 cm³/mol. The lowest BCUT2D eigenvalue weighted by atomic mass is 10.1. The Hall–Kier alpha value is -3.28. The van der Waals surface area contributed by atoms with Crippen molar-refractivity contribution in [2.45, 2.75) is 9.79 Å². The number of aromatic hydroxyl groups is 1. The second-order valence-electron chi connectivity index (χ2n) is 8.06. The van der Waals surface area contributed by atoms with E-state index < -0.39 is 32.4 Å². The van der Waals surface area contributed by atoms with E-state index in [0.29, 0.717) is 28.5 Å². The topological polar surface area (TPSA) is 233 Å². The van der Waals surface area contributed by atoms with E-state index in [1.807, 2.05) is 0 Å². The molecule has 0 spiro atoms. The Labute approximate surface area is 264 Å². The third-order valence-corrected chi connectivity index (χ3v) is 9.11. The van der Waals surface area contributed by atoms with Gasteiger partial charge in [0.25, 0.3) is 0 Å². The molecule has 3 aromatic carbocycles. The van der Waals surface area contributed by atoms with Crippen molar-refractivity contribution < 1.29 is 51.7 Å². The molecule has 234 valence electrons. The molecule has 1 aromatic heterocycles. The van der Waals surface area contributed by atoms with E-state index in [-0.39, 0.29) is 49.2 Å². The van der Waals surface area contributed by atoms with E-state index >= 15 is 0 Å². The van der Waals surface area contributed by atoms with Crippen molar-refractivity contribution in [3.05, 3.63) is 53.0 Å². The van der Waals surface area contributed by atoms with Crippen molar-refractivity contribution >= 4 is 89.9 Å². The average molecular weight is 710 g/mol. The third-order valence-electron chi connectivity index (χ3n) is 5.43. The molecule has 22 heteroatoms. The summed E-state index contributed by atoms with van der Waals surface area (Å²) in [4.78, 5) is 11.4. The van der Waals surface area contributed by atoms with Gasteiger partial charge in [0.2, 0.25) is 16.5 Å². The van der Waals surface area contributed by atoms with Crippen molar-refractivity contribution in [2.24, 2.45) is 10.2 Å². The van der Waals surface area contributed by atoms with Crippen LogP contribution in [-0.4, -0.2) is 61.8 Å². The molecular weight excluding hydrogens is 691 g/mol. The van der Waals surface area contributed by atoms with Gasteiger partial charge in [-0.2, -0.15) is 15.0 Å². The number of halogens is 2. The molecule has 1 atom stereocenters. The third kappa shape index (κ3) is 8.46. The Morgan fingerprint density at radius 1 is 1.02 bits per heavy atom. The molecule has 0 bridgehead atoms. The summed E-state index contributed by atoms with van der Waals surface area (Å²) in [6.07, 6.45) is 0. The van der Waals surface area contributed by atoms with Crippen LogP contribution in [0.1, 0.15) is 0 Å². The first-order chi connectivity index (χ1) is 21.0. The number of sulfone groups is 1. The number of nitrogens with one attached hydrogen (secondary N) is 1. The predicted octanol–water partition coefficient (Wildman–Crippen LogP) is 5.49. The standard InChI is InChI=1S/C22H18Cl2N6O11S3/c1-37-16-5-3-13(44(35,36)7-6-43(34)41-39-33)10-15(16)29-30-18-17(42-40-38-32)9-11-8-12(2-4-14(11)19(18)31)25-22-27-20(23)26-21(24)28-22/h2-5,8-10,31-33H,6-7H2,1H3,(H,25,26,27,28)/b30-29+. The monoisotopic (exact) mass is 708 g/mol. The summed E-state index contributed by atoms with van der Waals surface area (Å²) < 4.78 is 50.9. The van der Waals surface area contributed by atoms with Crippen LogP contribution in [0.4, 0.5) is 23.0 Å². The molecule has 0 aliphatic rings. The molecule has 0 saturated heterocycles. The number of anilines is 2. The van der Waals surface area contributed by atoms with E-state index in [1.165, 1.54) is 25.3 Å². The van der Waals surface area contributed by atoms with Crippen LogP contribution < -0.4 is 10.1 Å². The number of aromatic nitrogens is 3. The van der Waals surface area contributed by atoms with Crippen LogP contribution in [0.2, 0.25) is 10.6 Å². The van der Waals surface area contributed by atoms with E-state index in [9.17, 15) is 17.7 Å². The molecule has 4 N–H and O–H groups in total. The molecule has 0 saturated carbocycles. The van der Waals surface area contributed by atoms with Crippen LogP contribution in [0.15, 0.2) is 62.5 Å². The summed E-state index contributed by atoms with van der Waals surface area (Å²) in [5.41, 5.74) is 0.290. The van der Waals surface area contributed by atoms with Gasteiger partial charge in [0.05, 0.1) is 40.4 Å². The van der Waals surface area contributed by atoms with Gasteiger partial charge in [-0.1, -0.05) is 10.1 Å². The maximum absolute atomic E-state index is 12.8. The summed E-state index contributed by atoms with van der Waals surface area (Å²) >= 11 is 9.91. The minimum absolute atomic E-state index is 0.0476. The van der Waals surface area contributed by atoms with E-state index in [4.69, 9.17) is 38.5 Å². The number of rotatable bonds is 14. The van der Waals surface area contributed by atoms with Crippen LogP contribution in [0.3, 0.4) is 0 Å². The lowest BCUT2D eigenvalue weighted by Gasteiger charge is -2.11. The minimum Gasteiger partial charge on any atom is -0.505 e. The number of hydrogen-bond acceptors (Lipinski definition) is 18. The first-order valence-electron chi connectivity index (χ1n) is 11.5. The smallest absolute Gasteiger partial charge is 0.232 e. The first kappa shape index (κ1) is 33.6. The zero-order chi connectivity index (χ0) is 31.9. The van der Waals surface area contributed by atoms with Gasteiger partial charge in [0.15, 0.2) is 26.7 Å². The normalized spacial score (nSPS) is 12.6. The zero-order valence-electron chi connectivity index (χ0n) is 21.8. The Kier molecular flexibility index (Phi) is 11.6. The Morgan fingerprint density at radius 2 is 1.77 bits per heavy atom. The van der Waals surface area contributed by atoms with E-state index in [0.717, 1.165) is 6.07 Å². The fourth-order valence-corrected chi connectivity index (χ4v) is 6.78. The highest BCUT2D eigenvalue weighted by Gasteiger charge is 2.20. The van der Waals surface area contributed by atoms with Gasteiger partial charge in [-0.3, -0.25) is 0 Å². The number of hydrogen-bond donors (Lipinski definition) is 4. The molecule has 1 unspecified atom stereocenters. The lowest BCUT2D eigenvalue weighted by molar-refractivity contribution is -0.434. The number of phenolic OH excluding ortho intramolecular Hbond substituents is 1. The summed E-state index contributed by atoms with van der Waals surface area (Å²) in [6.45, 7) is 0. The van der Waals surface area contributed by atoms with E-state index in [1.54, 1.807) is 18.2 Å². The van der Waals surface area contributed by atoms with E-state index in [2.05, 4.69) is 49.2 Å². The zero-order valence-corrected chi connectivity index (χ0v) is 25.7. The maximum Gasteiger partial charge on any atom is 0.232 e. The number of azo groups is 1. The van der Waals surface area contributed by atoms with Crippen LogP contribution in [-0.2, 0) is 39.7 Å². The van der Waals surface area contributed by atoms with Crippen LogP contribution in [0.25, 0.3) is 10.8 Å². The Morgan fingerprint density at radius 3 is 2.45 bits per heavy atom. The fourth-order valence-electron chi connectivity index (χ4n) is 3.56. The summed E-state index contributed by atoms with van der Waals surface area (Å²) in [5, 5.41) is 46.6. The number of nitrogens with zero attached hydrogens (tertiary/aromatic N) is 5. The van der Waals surface area contributed by atoms with Crippen LogP contribution >= 0.6 is 35.2 Å². The number of benzene rings is 3. The number of phenols is 1. The fraction of sp³-hybridized carbons (Fsp3) is 0.136. The van der Waals surface area contributed by atoms with Gasteiger partial charge in [0.1, 0.15) is 17.1 Å². The maximum atomic E-state index is 12.8. The van der Waals surface area contributed by atoms with Crippen molar-refractivity contribution in [1.29, 1.82) is 0 Å². The summed E-state index contributed by atoms with van der Waals surface area (Å²) in [7, 11) is -2.69. The van der Waals surface area contributed by atoms with Crippen molar-refractivity contribution in [3.8, 4) is 11.5 Å². The van der Waals surface area contributed by atoms with Crippen molar-refractivity contribution in [2.75, 3.05) is 23.9 Å². The Bertz CT molecular complexity index is 1820. The molecule has 0 radical (unpaired) electrons. The molecule has 17 nitrogen and oxygen atoms in total. The van der Waals surface area contributed by atoms with Gasteiger partial charge < -0.3 is 15.2 Å². The van der Waals surface area contributed by atoms with Gasteiger partial charge in [-0.05, 0) is 71.1 Å². The highest BCUT2D eigenvalue weighted by molar-refractivity contribution is 7.94. The molecule has 4 aromatic rings. The Balaban J connectivity index is 1.70. The summed E-state index contributed by atoms with van der Waals surface area (Å²) in [6, 6.07) is 10.0. The second kappa shape index (κ2) is 15.1. The average Bonchev–Trinajstić information content (AvgIpc) is 2.98. The van der Waals surface area contributed by atoms with Gasteiger partial charge in [-0.25, -0.2) is 23.1 Å². The largest absolute Gasteiger partial charge is 0.505 e. The number of methoxy groups -OCH3 is 1. The van der Waals surface area contributed by atoms with Crippen molar-refractivity contribution in [1.82, 2.24) is 15.0 Å². The molecule has 0 aliphatic heterocycles. The minimum atomic E-state index is -4.01. The highest BCUT2D eigenvalue weighted by atomic mass is 35.5. The quantitative estimate of drug-likeness (QED) is 0.0548. The lowest BCUT2D eigenvalue weighted by Crippen LogP contribution is -2.15. The van der Waals surface area contributed by atoms with Crippen LogP contribution in [0, 0.1) is 0 Å². The SMILES string of the molecule is COc1ccc(S(=O)(=O)CCS(=O)OOO)cc1/N=N/c1c(SOOO)cc2cc(Nc3nc(Cl)nc(Cl)n3)ccc2c1O. The molecule has 0 aliphatic carbocycles.